The minimum atomic E-state index is 0.593. The van der Waals surface area contributed by atoms with Gasteiger partial charge in [0.1, 0.15) is 0 Å². The molecule has 4 N–H and O–H groups in total. The molecule has 12 heavy (non-hydrogen) atoms. The van der Waals surface area contributed by atoms with E-state index in [1.807, 2.05) is 0 Å². The van der Waals surface area contributed by atoms with Crippen LogP contribution in [0.4, 0.5) is 11.4 Å². The molecule has 2 aromatic heterocycles. The lowest BCUT2D eigenvalue weighted by Crippen LogP contribution is -1.95. The van der Waals surface area contributed by atoms with Crippen molar-refractivity contribution < 1.29 is 0 Å². The standard InChI is InChI=1S/C8H8N4/c9-5-1-3-11-8-7(5)6(10)2-4-12-8/h1-4H,(H4,9,10,11,12). The molecule has 2 aromatic rings. The van der Waals surface area contributed by atoms with Gasteiger partial charge in [0.05, 0.1) is 5.39 Å². The molecule has 0 aliphatic heterocycles. The van der Waals surface area contributed by atoms with Crippen molar-refractivity contribution in [2.24, 2.45) is 0 Å². The largest absolute Gasteiger partial charge is 0.398 e. The Labute approximate surface area is 69.2 Å². The number of hydrogen-bond donors (Lipinski definition) is 2. The third-order valence-electron chi connectivity index (χ3n) is 1.70. The number of fused-ring (bicyclic) bond motifs is 1. The van der Waals surface area contributed by atoms with Crippen molar-refractivity contribution >= 4 is 22.4 Å². The van der Waals surface area contributed by atoms with Crippen molar-refractivity contribution in [3.8, 4) is 0 Å². The molecule has 0 saturated heterocycles. The van der Waals surface area contributed by atoms with Crippen LogP contribution in [0.15, 0.2) is 24.5 Å². The average molecular weight is 160 g/mol. The zero-order valence-corrected chi connectivity index (χ0v) is 6.36. The average Bonchev–Trinajstić information content (AvgIpc) is 2.04. The van der Waals surface area contributed by atoms with Gasteiger partial charge in [-0.25, -0.2) is 9.97 Å². The first-order valence-electron chi connectivity index (χ1n) is 3.53. The topological polar surface area (TPSA) is 77.8 Å². The summed E-state index contributed by atoms with van der Waals surface area (Å²) in [5.41, 5.74) is 13.2. The molecule has 0 amide bonds. The predicted octanol–water partition coefficient (Wildman–Crippen LogP) is 0.794. The highest BCUT2D eigenvalue weighted by molar-refractivity contribution is 5.96. The summed E-state index contributed by atoms with van der Waals surface area (Å²) in [5, 5.41) is 0.736. The molecule has 0 unspecified atom stereocenters. The highest BCUT2D eigenvalue weighted by atomic mass is 14.8. The van der Waals surface area contributed by atoms with Gasteiger partial charge in [0.15, 0.2) is 5.65 Å². The fourth-order valence-electron chi connectivity index (χ4n) is 1.13. The lowest BCUT2D eigenvalue weighted by molar-refractivity contribution is 1.29. The summed E-state index contributed by atoms with van der Waals surface area (Å²) in [4.78, 5) is 8.06. The second-order valence-corrected chi connectivity index (χ2v) is 2.50. The maximum absolute atomic E-state index is 5.70. The lowest BCUT2D eigenvalue weighted by Gasteiger charge is -2.01. The number of hydrogen-bond acceptors (Lipinski definition) is 4. The minimum Gasteiger partial charge on any atom is -0.398 e. The fourth-order valence-corrected chi connectivity index (χ4v) is 1.13. The van der Waals surface area contributed by atoms with Crippen molar-refractivity contribution in [1.82, 2.24) is 9.97 Å². The molecule has 0 bridgehead atoms. The normalized spacial score (nSPS) is 10.3. The summed E-state index contributed by atoms with van der Waals surface area (Å²) in [7, 11) is 0. The highest BCUT2D eigenvalue weighted by Gasteiger charge is 2.01. The van der Waals surface area contributed by atoms with Crippen LogP contribution >= 0.6 is 0 Å². The van der Waals surface area contributed by atoms with Crippen LogP contribution < -0.4 is 11.5 Å². The molecule has 4 heteroatoms. The van der Waals surface area contributed by atoms with Gasteiger partial charge in [-0.05, 0) is 12.1 Å². The second-order valence-electron chi connectivity index (χ2n) is 2.50. The van der Waals surface area contributed by atoms with Crippen molar-refractivity contribution in [3.63, 3.8) is 0 Å². The molecule has 0 aliphatic carbocycles. The van der Waals surface area contributed by atoms with Crippen LogP contribution in [-0.4, -0.2) is 9.97 Å². The zero-order chi connectivity index (χ0) is 8.55. The number of rotatable bonds is 0. The molecule has 2 heterocycles. The van der Waals surface area contributed by atoms with Gasteiger partial charge in [0.2, 0.25) is 0 Å². The molecule has 0 aliphatic rings. The number of nitrogens with zero attached hydrogens (tertiary/aromatic N) is 2. The van der Waals surface area contributed by atoms with E-state index in [1.165, 1.54) is 0 Å². The molecule has 0 fully saturated rings. The van der Waals surface area contributed by atoms with E-state index < -0.39 is 0 Å². The number of pyridine rings is 2. The van der Waals surface area contributed by atoms with Gasteiger partial charge in [-0.1, -0.05) is 0 Å². The van der Waals surface area contributed by atoms with Crippen LogP contribution in [0, 0.1) is 0 Å². The van der Waals surface area contributed by atoms with E-state index in [0.717, 1.165) is 5.39 Å². The predicted molar refractivity (Wildman–Crippen MR) is 48.4 cm³/mol. The fraction of sp³-hybridized carbons (Fsp3) is 0. The van der Waals surface area contributed by atoms with Crippen LogP contribution in [0.2, 0.25) is 0 Å². The SMILES string of the molecule is Nc1ccnc2nccc(N)c12. The van der Waals surface area contributed by atoms with Gasteiger partial charge < -0.3 is 11.5 Å². The van der Waals surface area contributed by atoms with E-state index in [0.29, 0.717) is 17.0 Å². The Hall–Kier alpha value is -1.84. The van der Waals surface area contributed by atoms with E-state index >= 15 is 0 Å². The lowest BCUT2D eigenvalue weighted by atomic mass is 10.2. The summed E-state index contributed by atoms with van der Waals surface area (Å²) >= 11 is 0. The number of anilines is 2. The molecule has 0 spiro atoms. The Morgan fingerprint density at radius 2 is 1.42 bits per heavy atom. The molecular formula is C8H8N4. The smallest absolute Gasteiger partial charge is 0.163 e. The van der Waals surface area contributed by atoms with Crippen LogP contribution in [0.5, 0.6) is 0 Å². The Kier molecular flexibility index (Phi) is 1.33. The van der Waals surface area contributed by atoms with Crippen molar-refractivity contribution in [3.05, 3.63) is 24.5 Å². The summed E-state index contributed by atoms with van der Waals surface area (Å²) in [5.74, 6) is 0. The summed E-state index contributed by atoms with van der Waals surface area (Å²) < 4.78 is 0. The third kappa shape index (κ3) is 0.852. The maximum Gasteiger partial charge on any atom is 0.163 e. The monoisotopic (exact) mass is 160 g/mol. The second kappa shape index (κ2) is 2.34. The summed E-state index contributed by atoms with van der Waals surface area (Å²) in [6.45, 7) is 0. The Bertz CT molecular complexity index is 388. The third-order valence-corrected chi connectivity index (χ3v) is 1.70. The first-order valence-corrected chi connectivity index (χ1v) is 3.53. The van der Waals surface area contributed by atoms with E-state index in [4.69, 9.17) is 11.5 Å². The van der Waals surface area contributed by atoms with Gasteiger partial charge in [0, 0.05) is 23.8 Å². The zero-order valence-electron chi connectivity index (χ0n) is 6.36. The van der Waals surface area contributed by atoms with Gasteiger partial charge in [-0.15, -0.1) is 0 Å². The summed E-state index contributed by atoms with van der Waals surface area (Å²) in [6, 6.07) is 3.42. The molecule has 0 aromatic carbocycles. The molecule has 0 radical (unpaired) electrons. The van der Waals surface area contributed by atoms with Gasteiger partial charge in [-0.3, -0.25) is 0 Å². The first kappa shape index (κ1) is 6.84. The van der Waals surface area contributed by atoms with Crippen molar-refractivity contribution in [1.29, 1.82) is 0 Å². The molecule has 0 saturated carbocycles. The van der Waals surface area contributed by atoms with E-state index in [2.05, 4.69) is 9.97 Å². The molecule has 2 rings (SSSR count). The molecule has 4 nitrogen and oxygen atoms in total. The minimum absolute atomic E-state index is 0.593. The van der Waals surface area contributed by atoms with Gasteiger partial charge in [-0.2, -0.15) is 0 Å². The van der Waals surface area contributed by atoms with Crippen molar-refractivity contribution in [2.45, 2.75) is 0 Å². The Balaban J connectivity index is 2.96. The maximum atomic E-state index is 5.70. The number of aromatic nitrogens is 2. The van der Waals surface area contributed by atoms with Crippen LogP contribution in [0.25, 0.3) is 11.0 Å². The molecule has 0 atom stereocenters. The van der Waals surface area contributed by atoms with Crippen molar-refractivity contribution in [2.75, 3.05) is 11.5 Å². The molecule has 60 valence electrons. The Morgan fingerprint density at radius 3 is 1.83 bits per heavy atom. The number of nitrogens with two attached hydrogens (primary N) is 2. The van der Waals surface area contributed by atoms with E-state index in [-0.39, 0.29) is 0 Å². The van der Waals surface area contributed by atoms with E-state index in [1.54, 1.807) is 24.5 Å². The Morgan fingerprint density at radius 1 is 0.917 bits per heavy atom. The molecular weight excluding hydrogens is 152 g/mol. The van der Waals surface area contributed by atoms with Crippen LogP contribution in [-0.2, 0) is 0 Å². The quantitative estimate of drug-likeness (QED) is 0.597. The van der Waals surface area contributed by atoms with Crippen LogP contribution in [0.3, 0.4) is 0 Å². The van der Waals surface area contributed by atoms with Gasteiger partial charge >= 0.3 is 0 Å². The first-order chi connectivity index (χ1) is 5.79. The summed E-state index contributed by atoms with van der Waals surface area (Å²) in [6.07, 6.45) is 3.23. The number of nitrogen functional groups attached to an aromatic ring is 2. The van der Waals surface area contributed by atoms with Gasteiger partial charge in [0.25, 0.3) is 0 Å². The van der Waals surface area contributed by atoms with Crippen LogP contribution in [0.1, 0.15) is 0 Å². The highest BCUT2D eigenvalue weighted by Crippen LogP contribution is 2.22. The van der Waals surface area contributed by atoms with E-state index in [9.17, 15) is 0 Å².